The molecule has 3 aromatic rings. The van der Waals surface area contributed by atoms with Crippen LogP contribution < -0.4 is 15.4 Å². The highest BCUT2D eigenvalue weighted by atomic mass is 79.9. The molecule has 2 aromatic carbocycles. The normalized spacial score (nSPS) is 10.4. The molecule has 0 aliphatic heterocycles. The van der Waals surface area contributed by atoms with Gasteiger partial charge in [0.25, 0.3) is 0 Å². The van der Waals surface area contributed by atoms with E-state index in [9.17, 15) is 9.18 Å². The van der Waals surface area contributed by atoms with E-state index in [0.717, 1.165) is 0 Å². The predicted octanol–water partition coefficient (Wildman–Crippen LogP) is 4.49. The van der Waals surface area contributed by atoms with E-state index < -0.39 is 6.03 Å². The van der Waals surface area contributed by atoms with E-state index >= 15 is 0 Å². The third-order valence-corrected chi connectivity index (χ3v) is 4.17. The summed E-state index contributed by atoms with van der Waals surface area (Å²) in [6.07, 6.45) is 1.68. The number of ether oxygens (including phenoxy) is 1. The van der Waals surface area contributed by atoms with Crippen LogP contribution >= 0.6 is 15.9 Å². The number of rotatable bonds is 5. The highest BCUT2D eigenvalue weighted by Crippen LogP contribution is 2.22. The lowest BCUT2D eigenvalue weighted by atomic mass is 10.2. The van der Waals surface area contributed by atoms with Crippen LogP contribution in [0, 0.1) is 5.82 Å². The Hall–Kier alpha value is -2.87. The molecule has 0 saturated heterocycles. The Labute approximate surface area is 158 Å². The van der Waals surface area contributed by atoms with Gasteiger partial charge in [0.15, 0.2) is 5.82 Å². The Kier molecular flexibility index (Phi) is 5.52. The van der Waals surface area contributed by atoms with Gasteiger partial charge < -0.3 is 10.1 Å². The molecule has 1 aromatic heterocycles. The highest BCUT2D eigenvalue weighted by Gasteiger charge is 2.12. The molecule has 3 rings (SSSR count). The average Bonchev–Trinajstić information content (AvgIpc) is 2.96. The molecule has 0 fully saturated rings. The van der Waals surface area contributed by atoms with Crippen molar-refractivity contribution in [3.8, 4) is 5.75 Å². The molecule has 2 N–H and O–H groups in total. The minimum atomic E-state index is -0.438. The van der Waals surface area contributed by atoms with Crippen molar-refractivity contribution in [2.24, 2.45) is 0 Å². The number of halogens is 2. The van der Waals surface area contributed by atoms with Gasteiger partial charge in [-0.05, 0) is 46.3 Å². The average molecular weight is 419 g/mol. The predicted molar refractivity (Wildman–Crippen MR) is 101 cm³/mol. The first-order valence-corrected chi connectivity index (χ1v) is 8.53. The summed E-state index contributed by atoms with van der Waals surface area (Å²) in [6, 6.07) is 13.0. The van der Waals surface area contributed by atoms with Gasteiger partial charge in [-0.15, -0.1) is 0 Å². The second-order valence-corrected chi connectivity index (χ2v) is 6.28. The SMILES string of the molecule is COc1ccc(NC(=O)Nc2nn(Cc3ccccc3F)cc2Br)cc1. The summed E-state index contributed by atoms with van der Waals surface area (Å²) in [5.74, 6) is 0.740. The summed E-state index contributed by atoms with van der Waals surface area (Å²) in [5, 5.41) is 9.62. The Morgan fingerprint density at radius 2 is 1.92 bits per heavy atom. The summed E-state index contributed by atoms with van der Waals surface area (Å²) in [4.78, 5) is 12.1. The summed E-state index contributed by atoms with van der Waals surface area (Å²) < 4.78 is 21.0. The van der Waals surface area contributed by atoms with Gasteiger partial charge >= 0.3 is 6.03 Å². The van der Waals surface area contributed by atoms with E-state index in [4.69, 9.17) is 4.74 Å². The van der Waals surface area contributed by atoms with Crippen molar-refractivity contribution in [2.75, 3.05) is 17.7 Å². The summed E-state index contributed by atoms with van der Waals surface area (Å²) in [7, 11) is 1.57. The molecule has 134 valence electrons. The number of hydrogen-bond donors (Lipinski definition) is 2. The monoisotopic (exact) mass is 418 g/mol. The number of carbonyl (C=O) groups is 1. The Bertz CT molecular complexity index is 912. The maximum Gasteiger partial charge on any atom is 0.324 e. The Morgan fingerprint density at radius 1 is 1.19 bits per heavy atom. The van der Waals surface area contributed by atoms with E-state index in [1.54, 1.807) is 60.5 Å². The maximum absolute atomic E-state index is 13.7. The fourth-order valence-electron chi connectivity index (χ4n) is 2.31. The lowest BCUT2D eigenvalue weighted by Crippen LogP contribution is -2.20. The molecule has 0 saturated carbocycles. The third kappa shape index (κ3) is 4.40. The molecule has 0 bridgehead atoms. The smallest absolute Gasteiger partial charge is 0.324 e. The van der Waals surface area contributed by atoms with Crippen LogP contribution in [0.2, 0.25) is 0 Å². The van der Waals surface area contributed by atoms with Gasteiger partial charge in [-0.3, -0.25) is 10.00 Å². The van der Waals surface area contributed by atoms with Crippen molar-refractivity contribution in [3.63, 3.8) is 0 Å². The first-order chi connectivity index (χ1) is 12.5. The number of benzene rings is 2. The minimum absolute atomic E-state index is 0.257. The van der Waals surface area contributed by atoms with E-state index in [1.165, 1.54) is 6.07 Å². The van der Waals surface area contributed by atoms with Crippen molar-refractivity contribution in [1.82, 2.24) is 9.78 Å². The van der Waals surface area contributed by atoms with Gasteiger partial charge in [0.1, 0.15) is 11.6 Å². The van der Waals surface area contributed by atoms with Crippen LogP contribution in [0.1, 0.15) is 5.56 Å². The molecule has 0 aliphatic rings. The number of nitrogens with zero attached hydrogens (tertiary/aromatic N) is 2. The Balaban J connectivity index is 1.65. The number of aromatic nitrogens is 2. The van der Waals surface area contributed by atoms with E-state index in [2.05, 4.69) is 31.7 Å². The van der Waals surface area contributed by atoms with Crippen LogP contribution in [0.3, 0.4) is 0 Å². The lowest BCUT2D eigenvalue weighted by molar-refractivity contribution is 0.262. The quantitative estimate of drug-likeness (QED) is 0.641. The first-order valence-electron chi connectivity index (χ1n) is 7.73. The molecular weight excluding hydrogens is 403 g/mol. The lowest BCUT2D eigenvalue weighted by Gasteiger charge is -2.07. The number of anilines is 2. The van der Waals surface area contributed by atoms with Crippen LogP contribution in [0.5, 0.6) is 5.75 Å². The fraction of sp³-hybridized carbons (Fsp3) is 0.111. The van der Waals surface area contributed by atoms with Gasteiger partial charge in [0.2, 0.25) is 0 Å². The van der Waals surface area contributed by atoms with Crippen LogP contribution in [-0.2, 0) is 6.54 Å². The summed E-state index contributed by atoms with van der Waals surface area (Å²) >= 11 is 3.35. The molecule has 0 radical (unpaired) electrons. The number of urea groups is 1. The second kappa shape index (κ2) is 8.01. The van der Waals surface area contributed by atoms with Crippen molar-refractivity contribution in [2.45, 2.75) is 6.54 Å². The van der Waals surface area contributed by atoms with Gasteiger partial charge in [-0.25, -0.2) is 9.18 Å². The molecule has 26 heavy (non-hydrogen) atoms. The molecule has 6 nitrogen and oxygen atoms in total. The van der Waals surface area contributed by atoms with E-state index in [1.807, 2.05) is 0 Å². The molecule has 0 unspecified atom stereocenters. The zero-order chi connectivity index (χ0) is 18.5. The van der Waals surface area contributed by atoms with Gasteiger partial charge in [0.05, 0.1) is 18.1 Å². The summed E-state index contributed by atoms with van der Waals surface area (Å²) in [5.41, 5.74) is 1.13. The topological polar surface area (TPSA) is 68.2 Å². The largest absolute Gasteiger partial charge is 0.497 e. The fourth-order valence-corrected chi connectivity index (χ4v) is 2.72. The number of amides is 2. The second-order valence-electron chi connectivity index (χ2n) is 5.42. The molecule has 0 spiro atoms. The van der Waals surface area contributed by atoms with Crippen LogP contribution in [0.4, 0.5) is 20.7 Å². The molecular formula is C18H16BrFN4O2. The van der Waals surface area contributed by atoms with Crippen molar-refractivity contribution >= 4 is 33.5 Å². The maximum atomic E-state index is 13.7. The molecule has 1 heterocycles. The van der Waals surface area contributed by atoms with Crippen LogP contribution in [-0.4, -0.2) is 22.9 Å². The Morgan fingerprint density at radius 3 is 2.62 bits per heavy atom. The van der Waals surface area contributed by atoms with Crippen LogP contribution in [0.15, 0.2) is 59.2 Å². The standard InChI is InChI=1S/C18H16BrFN4O2/c1-26-14-8-6-13(7-9-14)21-18(25)22-17-15(19)11-24(23-17)10-12-4-2-3-5-16(12)20/h2-9,11H,10H2,1H3,(H2,21,22,23,25). The van der Waals surface area contributed by atoms with Gasteiger partial charge in [-0.1, -0.05) is 18.2 Å². The van der Waals surface area contributed by atoms with E-state index in [-0.39, 0.29) is 12.4 Å². The molecule has 0 atom stereocenters. The van der Waals surface area contributed by atoms with Crippen molar-refractivity contribution in [1.29, 1.82) is 0 Å². The van der Waals surface area contributed by atoms with Crippen LogP contribution in [0.25, 0.3) is 0 Å². The molecule has 2 amide bonds. The first kappa shape index (κ1) is 17.9. The molecule has 8 heteroatoms. The molecule has 0 aliphatic carbocycles. The number of methoxy groups -OCH3 is 1. The highest BCUT2D eigenvalue weighted by molar-refractivity contribution is 9.10. The van der Waals surface area contributed by atoms with E-state index in [0.29, 0.717) is 27.3 Å². The zero-order valence-electron chi connectivity index (χ0n) is 13.9. The zero-order valence-corrected chi connectivity index (χ0v) is 15.5. The summed E-state index contributed by atoms with van der Waals surface area (Å²) in [6.45, 7) is 0.257. The number of nitrogens with one attached hydrogen (secondary N) is 2. The van der Waals surface area contributed by atoms with Gasteiger partial charge in [0, 0.05) is 17.4 Å². The number of carbonyl (C=O) groups excluding carboxylic acids is 1. The minimum Gasteiger partial charge on any atom is -0.497 e. The van der Waals surface area contributed by atoms with Crippen molar-refractivity contribution < 1.29 is 13.9 Å². The third-order valence-electron chi connectivity index (χ3n) is 3.59. The number of hydrogen-bond acceptors (Lipinski definition) is 3. The van der Waals surface area contributed by atoms with Gasteiger partial charge in [-0.2, -0.15) is 5.10 Å². The van der Waals surface area contributed by atoms with Crippen molar-refractivity contribution in [3.05, 3.63) is 70.6 Å².